The van der Waals surface area contributed by atoms with Gasteiger partial charge in [-0.05, 0) is 67.6 Å². The van der Waals surface area contributed by atoms with Crippen molar-refractivity contribution in [2.24, 2.45) is 0 Å². The average molecular weight is 409 g/mol. The Morgan fingerprint density at radius 1 is 0.966 bits per heavy atom. The summed E-state index contributed by atoms with van der Waals surface area (Å²) in [6, 6.07) is 17.9. The molecular weight excluding hydrogens is 380 g/mol. The minimum Gasteiger partial charge on any atom is -0.382 e. The summed E-state index contributed by atoms with van der Waals surface area (Å²) in [5.41, 5.74) is 4.69. The third-order valence-corrected chi connectivity index (χ3v) is 6.07. The quantitative estimate of drug-likeness (QED) is 0.567. The molecule has 1 aromatic heterocycles. The van der Waals surface area contributed by atoms with E-state index in [0.29, 0.717) is 12.1 Å². The SMILES string of the molecule is CN(C)c1ccc(CN[C@H]2CC[C@@H](Nc3ccnc4cc(Cl)ccc34)CC2)cc1. The van der Waals surface area contributed by atoms with E-state index in [1.165, 1.54) is 36.9 Å². The fraction of sp³-hybridized carbons (Fsp3) is 0.375. The second-order valence-corrected chi connectivity index (χ2v) is 8.59. The summed E-state index contributed by atoms with van der Waals surface area (Å²) in [4.78, 5) is 6.57. The summed E-state index contributed by atoms with van der Waals surface area (Å²) in [7, 11) is 4.15. The molecule has 29 heavy (non-hydrogen) atoms. The van der Waals surface area contributed by atoms with Gasteiger partial charge in [-0.1, -0.05) is 23.7 Å². The number of nitrogens with zero attached hydrogens (tertiary/aromatic N) is 2. The molecule has 1 fully saturated rings. The number of benzene rings is 2. The molecule has 5 heteroatoms. The number of rotatable bonds is 6. The second kappa shape index (κ2) is 9.02. The topological polar surface area (TPSA) is 40.2 Å². The van der Waals surface area contributed by atoms with E-state index >= 15 is 0 Å². The third kappa shape index (κ3) is 5.01. The maximum absolute atomic E-state index is 6.10. The van der Waals surface area contributed by atoms with Crippen LogP contribution in [-0.4, -0.2) is 31.2 Å². The van der Waals surface area contributed by atoms with Gasteiger partial charge in [-0.25, -0.2) is 0 Å². The van der Waals surface area contributed by atoms with E-state index in [1.54, 1.807) is 0 Å². The molecule has 4 nitrogen and oxygen atoms in total. The zero-order valence-corrected chi connectivity index (χ0v) is 17.9. The molecule has 0 bridgehead atoms. The van der Waals surface area contributed by atoms with E-state index in [1.807, 2.05) is 18.3 Å². The Morgan fingerprint density at radius 3 is 2.41 bits per heavy atom. The van der Waals surface area contributed by atoms with E-state index in [0.717, 1.165) is 28.2 Å². The number of anilines is 2. The van der Waals surface area contributed by atoms with Gasteiger partial charge in [0.1, 0.15) is 0 Å². The largest absolute Gasteiger partial charge is 0.382 e. The molecule has 0 aliphatic heterocycles. The lowest BCUT2D eigenvalue weighted by Gasteiger charge is -2.30. The first kappa shape index (κ1) is 20.0. The molecule has 2 N–H and O–H groups in total. The van der Waals surface area contributed by atoms with Gasteiger partial charge in [0.15, 0.2) is 0 Å². The summed E-state index contributed by atoms with van der Waals surface area (Å²) >= 11 is 6.10. The van der Waals surface area contributed by atoms with Crippen LogP contribution in [0.25, 0.3) is 10.9 Å². The first-order chi connectivity index (χ1) is 14.1. The monoisotopic (exact) mass is 408 g/mol. The number of hydrogen-bond acceptors (Lipinski definition) is 4. The van der Waals surface area contributed by atoms with Gasteiger partial charge in [-0.2, -0.15) is 0 Å². The van der Waals surface area contributed by atoms with Gasteiger partial charge in [-0.15, -0.1) is 0 Å². The van der Waals surface area contributed by atoms with Crippen LogP contribution < -0.4 is 15.5 Å². The zero-order chi connectivity index (χ0) is 20.2. The van der Waals surface area contributed by atoms with Crippen molar-refractivity contribution in [2.45, 2.75) is 44.3 Å². The third-order valence-electron chi connectivity index (χ3n) is 5.84. The van der Waals surface area contributed by atoms with Crippen LogP contribution in [0.1, 0.15) is 31.2 Å². The highest BCUT2D eigenvalue weighted by atomic mass is 35.5. The number of fused-ring (bicyclic) bond motifs is 1. The van der Waals surface area contributed by atoms with E-state index in [4.69, 9.17) is 11.6 Å². The summed E-state index contributed by atoms with van der Waals surface area (Å²) in [5.74, 6) is 0. The fourth-order valence-corrected chi connectivity index (χ4v) is 4.25. The Kier molecular flexibility index (Phi) is 6.22. The molecular formula is C24H29ClN4. The first-order valence-corrected chi connectivity index (χ1v) is 10.8. The van der Waals surface area contributed by atoms with Gasteiger partial charge in [0, 0.05) is 60.7 Å². The van der Waals surface area contributed by atoms with Crippen molar-refractivity contribution in [1.29, 1.82) is 0 Å². The summed E-state index contributed by atoms with van der Waals surface area (Å²) in [5, 5.41) is 9.34. The van der Waals surface area contributed by atoms with Crippen LogP contribution in [0.2, 0.25) is 5.02 Å². The van der Waals surface area contributed by atoms with E-state index < -0.39 is 0 Å². The van der Waals surface area contributed by atoms with E-state index in [-0.39, 0.29) is 0 Å². The summed E-state index contributed by atoms with van der Waals surface area (Å²) < 4.78 is 0. The summed E-state index contributed by atoms with van der Waals surface area (Å²) in [6.07, 6.45) is 6.60. The van der Waals surface area contributed by atoms with Gasteiger partial charge >= 0.3 is 0 Å². The predicted molar refractivity (Wildman–Crippen MR) is 124 cm³/mol. The van der Waals surface area contributed by atoms with Gasteiger partial charge in [0.05, 0.1) is 5.52 Å². The molecule has 1 aliphatic carbocycles. The molecule has 1 heterocycles. The smallest absolute Gasteiger partial charge is 0.0737 e. The van der Waals surface area contributed by atoms with Crippen molar-refractivity contribution in [3.63, 3.8) is 0 Å². The van der Waals surface area contributed by atoms with Crippen molar-refractivity contribution in [3.05, 3.63) is 65.3 Å². The van der Waals surface area contributed by atoms with Crippen LogP contribution in [0.3, 0.4) is 0 Å². The maximum atomic E-state index is 6.10. The Morgan fingerprint density at radius 2 is 1.69 bits per heavy atom. The van der Waals surface area contributed by atoms with Crippen molar-refractivity contribution in [3.8, 4) is 0 Å². The molecule has 0 radical (unpaired) electrons. The van der Waals surface area contributed by atoms with E-state index in [2.05, 4.69) is 71.0 Å². The molecule has 1 saturated carbocycles. The van der Waals surface area contributed by atoms with Crippen LogP contribution in [0, 0.1) is 0 Å². The van der Waals surface area contributed by atoms with Crippen LogP contribution in [0.5, 0.6) is 0 Å². The Balaban J connectivity index is 1.29. The van der Waals surface area contributed by atoms with Crippen molar-refractivity contribution in [1.82, 2.24) is 10.3 Å². The highest BCUT2D eigenvalue weighted by Gasteiger charge is 2.21. The van der Waals surface area contributed by atoms with Crippen LogP contribution in [0.15, 0.2) is 54.7 Å². The normalized spacial score (nSPS) is 19.3. The lowest BCUT2D eigenvalue weighted by atomic mass is 9.90. The van der Waals surface area contributed by atoms with Crippen LogP contribution >= 0.6 is 11.6 Å². The van der Waals surface area contributed by atoms with Gasteiger partial charge in [-0.3, -0.25) is 4.98 Å². The highest BCUT2D eigenvalue weighted by molar-refractivity contribution is 6.31. The minimum atomic E-state index is 0.508. The molecule has 1 aliphatic rings. The fourth-order valence-electron chi connectivity index (χ4n) is 4.08. The number of nitrogens with one attached hydrogen (secondary N) is 2. The van der Waals surface area contributed by atoms with Gasteiger partial charge < -0.3 is 15.5 Å². The Bertz CT molecular complexity index is 947. The molecule has 3 aromatic rings. The molecule has 2 aromatic carbocycles. The lowest BCUT2D eigenvalue weighted by molar-refractivity contribution is 0.353. The van der Waals surface area contributed by atoms with Crippen molar-refractivity contribution >= 4 is 33.9 Å². The number of pyridine rings is 1. The molecule has 0 atom stereocenters. The predicted octanol–water partition coefficient (Wildman–Crippen LogP) is 5.47. The second-order valence-electron chi connectivity index (χ2n) is 8.15. The molecule has 4 rings (SSSR count). The maximum Gasteiger partial charge on any atom is 0.0737 e. The first-order valence-electron chi connectivity index (χ1n) is 10.4. The van der Waals surface area contributed by atoms with Crippen molar-refractivity contribution in [2.75, 3.05) is 24.3 Å². The van der Waals surface area contributed by atoms with Gasteiger partial charge in [0.25, 0.3) is 0 Å². The highest BCUT2D eigenvalue weighted by Crippen LogP contribution is 2.28. The van der Waals surface area contributed by atoms with Crippen LogP contribution in [-0.2, 0) is 6.54 Å². The lowest BCUT2D eigenvalue weighted by Crippen LogP contribution is -2.36. The van der Waals surface area contributed by atoms with E-state index in [9.17, 15) is 0 Å². The Hall–Kier alpha value is -2.30. The standard InChI is InChI=1S/C24H29ClN4/c1-29(2)21-10-3-17(4-11-21)16-27-19-6-8-20(9-7-19)28-23-13-14-26-24-15-18(25)5-12-22(23)24/h3-5,10-15,19-20,27H,6-9,16H2,1-2H3,(H,26,28)/t19-,20+. The summed E-state index contributed by atoms with van der Waals surface area (Å²) in [6.45, 7) is 0.937. The van der Waals surface area contributed by atoms with Crippen LogP contribution in [0.4, 0.5) is 11.4 Å². The molecule has 152 valence electrons. The molecule has 0 spiro atoms. The van der Waals surface area contributed by atoms with Crippen molar-refractivity contribution < 1.29 is 0 Å². The van der Waals surface area contributed by atoms with Gasteiger partial charge in [0.2, 0.25) is 0 Å². The Labute approximate surface area is 178 Å². The zero-order valence-electron chi connectivity index (χ0n) is 17.2. The molecule has 0 saturated heterocycles. The average Bonchev–Trinajstić information content (AvgIpc) is 2.73. The number of hydrogen-bond donors (Lipinski definition) is 2. The molecule has 0 unspecified atom stereocenters. The molecule has 0 amide bonds. The number of aromatic nitrogens is 1. The number of halogens is 1. The minimum absolute atomic E-state index is 0.508.